The van der Waals surface area contributed by atoms with E-state index in [1.807, 2.05) is 0 Å². The molecule has 1 aliphatic heterocycles. The molecule has 0 saturated carbocycles. The summed E-state index contributed by atoms with van der Waals surface area (Å²) in [5.74, 6) is 2.31. The number of carbonyl (C=O) groups excluding carboxylic acids is 1. The van der Waals surface area contributed by atoms with E-state index in [9.17, 15) is 9.18 Å². The normalized spacial score (nSPS) is 20.8. The summed E-state index contributed by atoms with van der Waals surface area (Å²) in [7, 11) is 0. The molecule has 0 bridgehead atoms. The molecule has 86 valence electrons. The fourth-order valence-corrected chi connectivity index (χ4v) is 4.50. The first-order chi connectivity index (χ1) is 7.70. The van der Waals surface area contributed by atoms with Gasteiger partial charge in [0.1, 0.15) is 5.82 Å². The summed E-state index contributed by atoms with van der Waals surface area (Å²) in [4.78, 5) is 12.1. The maximum absolute atomic E-state index is 13.7. The highest BCUT2D eigenvalue weighted by Crippen LogP contribution is 2.28. The summed E-state index contributed by atoms with van der Waals surface area (Å²) in [6.45, 7) is 0. The molecule has 2 rings (SSSR count). The topological polar surface area (TPSA) is 17.1 Å². The van der Waals surface area contributed by atoms with Crippen LogP contribution in [-0.2, 0) is 0 Å². The maximum Gasteiger partial charge on any atom is 0.179 e. The molecule has 0 spiro atoms. The van der Waals surface area contributed by atoms with Crippen molar-refractivity contribution in [1.82, 2.24) is 0 Å². The second kappa shape index (κ2) is 5.56. The van der Waals surface area contributed by atoms with Crippen LogP contribution in [0.15, 0.2) is 22.7 Å². The van der Waals surface area contributed by atoms with Crippen molar-refractivity contribution in [3.05, 3.63) is 34.1 Å². The number of hydrogen-bond donors (Lipinski definition) is 0. The highest BCUT2D eigenvalue weighted by atomic mass is 79.9. The molecular weight excluding hydrogens is 311 g/mol. The van der Waals surface area contributed by atoms with Crippen molar-refractivity contribution >= 4 is 45.2 Å². The van der Waals surface area contributed by atoms with Crippen molar-refractivity contribution in [2.24, 2.45) is 0 Å². The molecule has 1 unspecified atom stereocenters. The third kappa shape index (κ3) is 2.63. The zero-order chi connectivity index (χ0) is 11.5. The summed E-state index contributed by atoms with van der Waals surface area (Å²) in [6, 6.07) is 4.86. The van der Waals surface area contributed by atoms with Gasteiger partial charge >= 0.3 is 0 Å². The number of hydrogen-bond acceptors (Lipinski definition) is 3. The minimum Gasteiger partial charge on any atom is -0.293 e. The molecule has 0 aromatic heterocycles. The number of carbonyl (C=O) groups is 1. The lowest BCUT2D eigenvalue weighted by Crippen LogP contribution is -2.25. The molecule has 1 aromatic carbocycles. The number of benzene rings is 1. The Kier molecular flexibility index (Phi) is 4.33. The lowest BCUT2D eigenvalue weighted by molar-refractivity contribution is 0.0991. The highest BCUT2D eigenvalue weighted by molar-refractivity contribution is 9.10. The van der Waals surface area contributed by atoms with Crippen molar-refractivity contribution in [3.63, 3.8) is 0 Å². The average Bonchev–Trinajstić information content (AvgIpc) is 2.33. The Hall–Kier alpha value is -0.000000000000000222. The van der Waals surface area contributed by atoms with Gasteiger partial charge in [-0.3, -0.25) is 4.79 Å². The SMILES string of the molecule is O=C(c1cccc(Br)c1F)C1CSCCS1. The molecule has 0 N–H and O–H groups in total. The van der Waals surface area contributed by atoms with Crippen LogP contribution in [0, 0.1) is 5.82 Å². The minimum atomic E-state index is -0.441. The Morgan fingerprint density at radius 2 is 2.25 bits per heavy atom. The standard InChI is InChI=1S/C11H10BrFOS2/c12-8-3-1-2-7(10(8)13)11(14)9-6-15-4-5-16-9/h1-3,9H,4-6H2. The van der Waals surface area contributed by atoms with Gasteiger partial charge in [-0.1, -0.05) is 6.07 Å². The van der Waals surface area contributed by atoms with Crippen LogP contribution in [0.2, 0.25) is 0 Å². The first-order valence-corrected chi connectivity index (χ1v) is 7.87. The molecule has 1 atom stereocenters. The van der Waals surface area contributed by atoms with Gasteiger partial charge in [-0.25, -0.2) is 4.39 Å². The number of rotatable bonds is 2. The number of ketones is 1. The summed E-state index contributed by atoms with van der Waals surface area (Å²) in [6.07, 6.45) is 0. The molecule has 1 nitrogen and oxygen atoms in total. The molecule has 5 heteroatoms. The predicted octanol–water partition coefficient (Wildman–Crippen LogP) is 3.62. The quantitative estimate of drug-likeness (QED) is 0.775. The van der Waals surface area contributed by atoms with Gasteiger partial charge in [0.2, 0.25) is 0 Å². The number of thioether (sulfide) groups is 2. The van der Waals surface area contributed by atoms with Gasteiger partial charge in [0.05, 0.1) is 15.3 Å². The van der Waals surface area contributed by atoms with Crippen LogP contribution in [0.4, 0.5) is 4.39 Å². The Morgan fingerprint density at radius 3 is 2.94 bits per heavy atom. The van der Waals surface area contributed by atoms with Crippen LogP contribution in [0.25, 0.3) is 0 Å². The van der Waals surface area contributed by atoms with E-state index >= 15 is 0 Å². The zero-order valence-corrected chi connectivity index (χ0v) is 11.6. The molecule has 1 aliphatic rings. The monoisotopic (exact) mass is 320 g/mol. The third-order valence-electron chi connectivity index (χ3n) is 2.33. The number of halogens is 2. The Bertz CT molecular complexity index is 405. The third-order valence-corrected chi connectivity index (χ3v) is 5.69. The van der Waals surface area contributed by atoms with Crippen molar-refractivity contribution < 1.29 is 9.18 Å². The van der Waals surface area contributed by atoms with Crippen molar-refractivity contribution in [2.45, 2.75) is 5.25 Å². The van der Waals surface area contributed by atoms with Crippen LogP contribution in [0.3, 0.4) is 0 Å². The fourth-order valence-electron chi connectivity index (χ4n) is 1.51. The summed E-state index contributed by atoms with van der Waals surface area (Å²) in [5, 5.41) is -0.0949. The molecule has 0 aliphatic carbocycles. The van der Waals surface area contributed by atoms with Gasteiger partial charge < -0.3 is 0 Å². The molecule has 1 heterocycles. The van der Waals surface area contributed by atoms with E-state index in [1.54, 1.807) is 41.7 Å². The molecular formula is C11H10BrFOS2. The zero-order valence-electron chi connectivity index (χ0n) is 8.41. The summed E-state index contributed by atoms with van der Waals surface area (Å²) >= 11 is 6.49. The van der Waals surface area contributed by atoms with E-state index in [2.05, 4.69) is 15.9 Å². The fraction of sp³-hybridized carbons (Fsp3) is 0.364. The van der Waals surface area contributed by atoms with Gasteiger partial charge in [0, 0.05) is 17.3 Å². The lowest BCUT2D eigenvalue weighted by Gasteiger charge is -2.19. The second-order valence-electron chi connectivity index (χ2n) is 3.40. The summed E-state index contributed by atoms with van der Waals surface area (Å²) in [5.41, 5.74) is 0.203. The predicted molar refractivity (Wildman–Crippen MR) is 72.0 cm³/mol. The van der Waals surface area contributed by atoms with Crippen LogP contribution in [0.5, 0.6) is 0 Å². The summed E-state index contributed by atoms with van der Waals surface area (Å²) < 4.78 is 14.1. The van der Waals surface area contributed by atoms with Gasteiger partial charge in [-0.15, -0.1) is 11.8 Å². The molecule has 0 amide bonds. The lowest BCUT2D eigenvalue weighted by atomic mass is 10.1. The Labute approximate surface area is 111 Å². The van der Waals surface area contributed by atoms with Crippen molar-refractivity contribution in [2.75, 3.05) is 17.3 Å². The molecule has 1 fully saturated rings. The second-order valence-corrected chi connectivity index (χ2v) is 6.71. The molecule has 0 radical (unpaired) electrons. The molecule has 1 saturated heterocycles. The molecule has 1 aromatic rings. The van der Waals surface area contributed by atoms with E-state index in [1.165, 1.54) is 0 Å². The first kappa shape index (κ1) is 12.5. The van der Waals surface area contributed by atoms with Gasteiger partial charge in [0.15, 0.2) is 5.78 Å². The van der Waals surface area contributed by atoms with E-state index < -0.39 is 5.82 Å². The van der Waals surface area contributed by atoms with Crippen LogP contribution < -0.4 is 0 Å². The number of Topliss-reactive ketones (excluding diaryl/α,β-unsaturated/α-hetero) is 1. The van der Waals surface area contributed by atoms with Crippen LogP contribution in [-0.4, -0.2) is 28.3 Å². The van der Waals surface area contributed by atoms with E-state index in [0.717, 1.165) is 17.3 Å². The van der Waals surface area contributed by atoms with E-state index in [4.69, 9.17) is 0 Å². The molecule has 16 heavy (non-hydrogen) atoms. The van der Waals surface area contributed by atoms with Crippen LogP contribution >= 0.6 is 39.5 Å². The maximum atomic E-state index is 13.7. The first-order valence-electron chi connectivity index (χ1n) is 4.87. The van der Waals surface area contributed by atoms with Crippen LogP contribution in [0.1, 0.15) is 10.4 Å². The Balaban J connectivity index is 2.22. The van der Waals surface area contributed by atoms with Crippen molar-refractivity contribution in [3.8, 4) is 0 Å². The van der Waals surface area contributed by atoms with Gasteiger partial charge in [0.25, 0.3) is 0 Å². The van der Waals surface area contributed by atoms with Gasteiger partial charge in [-0.2, -0.15) is 11.8 Å². The highest BCUT2D eigenvalue weighted by Gasteiger charge is 2.25. The van der Waals surface area contributed by atoms with E-state index in [0.29, 0.717) is 4.47 Å². The smallest absolute Gasteiger partial charge is 0.179 e. The van der Waals surface area contributed by atoms with Crippen molar-refractivity contribution in [1.29, 1.82) is 0 Å². The van der Waals surface area contributed by atoms with Gasteiger partial charge in [-0.05, 0) is 28.1 Å². The average molecular weight is 321 g/mol. The minimum absolute atomic E-state index is 0.0870. The Morgan fingerprint density at radius 1 is 1.44 bits per heavy atom. The largest absolute Gasteiger partial charge is 0.293 e. The van der Waals surface area contributed by atoms with E-state index in [-0.39, 0.29) is 16.6 Å².